The summed E-state index contributed by atoms with van der Waals surface area (Å²) in [6.07, 6.45) is 0. The van der Waals surface area contributed by atoms with Crippen LogP contribution in [0.25, 0.3) is 11.1 Å². The first-order valence-electron chi connectivity index (χ1n) is 5.45. The number of hydrogen-bond acceptors (Lipinski definition) is 5. The summed E-state index contributed by atoms with van der Waals surface area (Å²) in [5.74, 6) is 0. The lowest BCUT2D eigenvalue weighted by Crippen LogP contribution is -2.36. The van der Waals surface area contributed by atoms with Crippen LogP contribution in [0, 0.1) is 0 Å². The number of para-hydroxylation sites is 1. The zero-order valence-corrected chi connectivity index (χ0v) is 10.3. The molecule has 0 aliphatic heterocycles. The SMILES string of the molecule is CN(CC(C)(C)O)c1nc2c(N)cccc2o1. The lowest BCUT2D eigenvalue weighted by Gasteiger charge is -2.23. The third kappa shape index (κ3) is 2.50. The summed E-state index contributed by atoms with van der Waals surface area (Å²) in [4.78, 5) is 6.08. The number of oxazole rings is 1. The van der Waals surface area contributed by atoms with Gasteiger partial charge in [-0.15, -0.1) is 0 Å². The van der Waals surface area contributed by atoms with Gasteiger partial charge in [0.15, 0.2) is 5.58 Å². The second kappa shape index (κ2) is 3.92. The molecule has 3 N–H and O–H groups in total. The van der Waals surface area contributed by atoms with Gasteiger partial charge in [0.1, 0.15) is 5.52 Å². The Labute approximate surface area is 99.8 Å². The second-order valence-electron chi connectivity index (χ2n) is 4.86. The first-order chi connectivity index (χ1) is 7.87. The van der Waals surface area contributed by atoms with Crippen molar-refractivity contribution in [2.45, 2.75) is 19.4 Å². The van der Waals surface area contributed by atoms with E-state index in [0.717, 1.165) is 0 Å². The Balaban J connectivity index is 2.34. The van der Waals surface area contributed by atoms with Crippen LogP contribution in [-0.4, -0.2) is 29.3 Å². The molecule has 0 fully saturated rings. The van der Waals surface area contributed by atoms with Crippen molar-refractivity contribution in [1.82, 2.24) is 4.98 Å². The number of likely N-dealkylation sites (N-methyl/N-ethyl adjacent to an activating group) is 1. The third-order valence-electron chi connectivity index (χ3n) is 2.39. The highest BCUT2D eigenvalue weighted by Gasteiger charge is 2.19. The predicted octanol–water partition coefficient (Wildman–Crippen LogP) is 1.62. The van der Waals surface area contributed by atoms with Gasteiger partial charge < -0.3 is 20.2 Å². The van der Waals surface area contributed by atoms with Gasteiger partial charge in [0.05, 0.1) is 17.8 Å². The van der Waals surface area contributed by atoms with Crippen LogP contribution < -0.4 is 10.6 Å². The third-order valence-corrected chi connectivity index (χ3v) is 2.39. The van der Waals surface area contributed by atoms with Crippen LogP contribution in [0.5, 0.6) is 0 Å². The number of aliphatic hydroxyl groups is 1. The van der Waals surface area contributed by atoms with E-state index in [9.17, 15) is 5.11 Å². The molecule has 0 amide bonds. The molecule has 2 aromatic rings. The van der Waals surface area contributed by atoms with E-state index in [0.29, 0.717) is 29.3 Å². The maximum Gasteiger partial charge on any atom is 0.298 e. The van der Waals surface area contributed by atoms with Crippen molar-refractivity contribution >= 4 is 22.8 Å². The van der Waals surface area contributed by atoms with Crippen LogP contribution in [0.1, 0.15) is 13.8 Å². The van der Waals surface area contributed by atoms with Crippen molar-refractivity contribution in [1.29, 1.82) is 0 Å². The van der Waals surface area contributed by atoms with E-state index in [1.165, 1.54) is 0 Å². The van der Waals surface area contributed by atoms with Gasteiger partial charge in [-0.25, -0.2) is 0 Å². The predicted molar refractivity (Wildman–Crippen MR) is 68.0 cm³/mol. The zero-order valence-electron chi connectivity index (χ0n) is 10.3. The average Bonchev–Trinajstić information content (AvgIpc) is 2.60. The van der Waals surface area contributed by atoms with Crippen LogP contribution >= 0.6 is 0 Å². The Hall–Kier alpha value is -1.75. The molecular weight excluding hydrogens is 218 g/mol. The fourth-order valence-corrected chi connectivity index (χ4v) is 1.77. The monoisotopic (exact) mass is 235 g/mol. The fraction of sp³-hybridized carbons (Fsp3) is 0.417. The molecule has 1 heterocycles. The standard InChI is InChI=1S/C12H17N3O2/c1-12(2,16)7-15(3)11-14-10-8(13)5-4-6-9(10)17-11/h4-6,16H,7,13H2,1-3H3. The minimum absolute atomic E-state index is 0.430. The Morgan fingerprint density at radius 1 is 1.47 bits per heavy atom. The topological polar surface area (TPSA) is 75.5 Å². The van der Waals surface area contributed by atoms with Crippen molar-refractivity contribution < 1.29 is 9.52 Å². The van der Waals surface area contributed by atoms with E-state index in [1.54, 1.807) is 24.8 Å². The van der Waals surface area contributed by atoms with Gasteiger partial charge in [0.2, 0.25) is 0 Å². The molecule has 0 aliphatic rings. The van der Waals surface area contributed by atoms with E-state index >= 15 is 0 Å². The molecular formula is C12H17N3O2. The minimum Gasteiger partial charge on any atom is -0.423 e. The first kappa shape index (κ1) is 11.7. The first-order valence-corrected chi connectivity index (χ1v) is 5.45. The Kier molecular flexibility index (Phi) is 2.71. The summed E-state index contributed by atoms with van der Waals surface area (Å²) < 4.78 is 5.58. The Morgan fingerprint density at radius 3 is 2.76 bits per heavy atom. The van der Waals surface area contributed by atoms with E-state index in [-0.39, 0.29) is 0 Å². The van der Waals surface area contributed by atoms with Gasteiger partial charge in [0, 0.05) is 7.05 Å². The van der Waals surface area contributed by atoms with Gasteiger partial charge in [-0.05, 0) is 26.0 Å². The largest absolute Gasteiger partial charge is 0.423 e. The minimum atomic E-state index is -0.805. The number of rotatable bonds is 3. The Bertz CT molecular complexity index is 528. The van der Waals surface area contributed by atoms with Gasteiger partial charge in [-0.1, -0.05) is 6.07 Å². The molecule has 0 unspecified atom stereocenters. The van der Waals surface area contributed by atoms with E-state index < -0.39 is 5.60 Å². The lowest BCUT2D eigenvalue weighted by atomic mass is 10.1. The second-order valence-corrected chi connectivity index (χ2v) is 4.86. The molecule has 0 radical (unpaired) electrons. The smallest absolute Gasteiger partial charge is 0.298 e. The summed E-state index contributed by atoms with van der Waals surface area (Å²) in [5, 5.41) is 9.74. The molecule has 92 valence electrons. The van der Waals surface area contributed by atoms with E-state index in [2.05, 4.69) is 4.98 Å². The maximum atomic E-state index is 9.74. The molecule has 5 heteroatoms. The van der Waals surface area contributed by atoms with Gasteiger partial charge >= 0.3 is 0 Å². The van der Waals surface area contributed by atoms with Crippen molar-refractivity contribution in [3.05, 3.63) is 18.2 Å². The summed E-state index contributed by atoms with van der Waals surface area (Å²) in [6, 6.07) is 5.88. The number of anilines is 2. The molecule has 2 rings (SSSR count). The lowest BCUT2D eigenvalue weighted by molar-refractivity contribution is 0.0876. The van der Waals surface area contributed by atoms with Crippen LogP contribution in [0.2, 0.25) is 0 Å². The zero-order chi connectivity index (χ0) is 12.6. The van der Waals surface area contributed by atoms with E-state index in [1.807, 2.05) is 19.2 Å². The summed E-state index contributed by atoms with van der Waals surface area (Å²) >= 11 is 0. The van der Waals surface area contributed by atoms with Crippen molar-refractivity contribution in [3.8, 4) is 0 Å². The number of benzene rings is 1. The fourth-order valence-electron chi connectivity index (χ4n) is 1.77. The molecule has 1 aromatic heterocycles. The molecule has 0 saturated carbocycles. The van der Waals surface area contributed by atoms with Crippen LogP contribution in [0.4, 0.5) is 11.7 Å². The highest BCUT2D eigenvalue weighted by molar-refractivity contribution is 5.86. The molecule has 0 saturated heterocycles. The molecule has 17 heavy (non-hydrogen) atoms. The normalized spacial score (nSPS) is 12.0. The van der Waals surface area contributed by atoms with Crippen molar-refractivity contribution in [2.24, 2.45) is 0 Å². The highest BCUT2D eigenvalue weighted by atomic mass is 16.4. The number of nitrogens with zero attached hydrogens (tertiary/aromatic N) is 2. The molecule has 5 nitrogen and oxygen atoms in total. The Morgan fingerprint density at radius 2 is 2.18 bits per heavy atom. The van der Waals surface area contributed by atoms with Crippen LogP contribution in [0.3, 0.4) is 0 Å². The number of nitrogen functional groups attached to an aromatic ring is 1. The van der Waals surface area contributed by atoms with Gasteiger partial charge in [0.25, 0.3) is 6.01 Å². The van der Waals surface area contributed by atoms with Crippen molar-refractivity contribution in [3.63, 3.8) is 0 Å². The van der Waals surface area contributed by atoms with Crippen LogP contribution in [0.15, 0.2) is 22.6 Å². The van der Waals surface area contributed by atoms with Gasteiger partial charge in [-0.3, -0.25) is 0 Å². The number of aromatic nitrogens is 1. The van der Waals surface area contributed by atoms with Crippen LogP contribution in [-0.2, 0) is 0 Å². The molecule has 0 aliphatic carbocycles. The van der Waals surface area contributed by atoms with E-state index in [4.69, 9.17) is 10.2 Å². The molecule has 0 atom stereocenters. The maximum absolute atomic E-state index is 9.74. The average molecular weight is 235 g/mol. The summed E-state index contributed by atoms with van der Waals surface area (Å²) in [6.45, 7) is 3.90. The van der Waals surface area contributed by atoms with Gasteiger partial charge in [-0.2, -0.15) is 4.98 Å². The molecule has 1 aromatic carbocycles. The summed E-state index contributed by atoms with van der Waals surface area (Å²) in [7, 11) is 1.82. The highest BCUT2D eigenvalue weighted by Crippen LogP contribution is 2.25. The quantitative estimate of drug-likeness (QED) is 0.791. The summed E-state index contributed by atoms with van der Waals surface area (Å²) in [5.41, 5.74) is 6.91. The number of nitrogens with two attached hydrogens (primary N) is 1. The van der Waals surface area contributed by atoms with Crippen molar-refractivity contribution in [2.75, 3.05) is 24.2 Å². The number of fused-ring (bicyclic) bond motifs is 1. The number of hydrogen-bond donors (Lipinski definition) is 2. The molecule has 0 spiro atoms. The molecule has 0 bridgehead atoms.